The number of nitrogens with zero attached hydrogens (tertiary/aromatic N) is 2. The predicted molar refractivity (Wildman–Crippen MR) is 137 cm³/mol. The maximum Gasteiger partial charge on any atom is 0.282 e. The number of ether oxygens (including phenoxy) is 3. The van der Waals surface area contributed by atoms with Gasteiger partial charge in [0.05, 0.1) is 25.5 Å². The molecule has 0 atom stereocenters. The summed E-state index contributed by atoms with van der Waals surface area (Å²) >= 11 is 0. The molecule has 2 fully saturated rings. The third-order valence-corrected chi connectivity index (χ3v) is 5.81. The second kappa shape index (κ2) is 12.6. The van der Waals surface area contributed by atoms with Gasteiger partial charge in [-0.15, -0.1) is 12.4 Å². The fourth-order valence-corrected chi connectivity index (χ4v) is 3.94. The van der Waals surface area contributed by atoms with Crippen LogP contribution in [0.2, 0.25) is 0 Å². The number of carbonyl (C=O) groups excluding carboxylic acids is 2. The zero-order valence-electron chi connectivity index (χ0n) is 20.1. The van der Waals surface area contributed by atoms with E-state index in [1.165, 1.54) is 5.01 Å². The third kappa shape index (κ3) is 6.33. The lowest BCUT2D eigenvalue weighted by molar-refractivity contribution is -0.117. The van der Waals surface area contributed by atoms with E-state index in [1.807, 2.05) is 37.3 Å². The van der Waals surface area contributed by atoms with E-state index in [0.29, 0.717) is 30.2 Å². The number of halogens is 1. The lowest BCUT2D eigenvalue weighted by Gasteiger charge is -2.26. The molecule has 2 saturated heterocycles. The van der Waals surface area contributed by atoms with Gasteiger partial charge < -0.3 is 14.2 Å². The second-order valence-electron chi connectivity index (χ2n) is 8.23. The molecule has 2 aromatic rings. The molecule has 4 rings (SSSR count). The summed E-state index contributed by atoms with van der Waals surface area (Å²) in [5.74, 6) is 0.503. The average Bonchev–Trinajstić information content (AvgIpc) is 3.14. The number of anilines is 1. The third-order valence-electron chi connectivity index (χ3n) is 5.81. The van der Waals surface area contributed by atoms with Crippen LogP contribution >= 0.6 is 12.4 Å². The fourth-order valence-electron chi connectivity index (χ4n) is 3.94. The molecule has 2 amide bonds. The highest BCUT2D eigenvalue weighted by molar-refractivity contribution is 6.31. The van der Waals surface area contributed by atoms with Crippen LogP contribution in [0.25, 0.3) is 6.08 Å². The van der Waals surface area contributed by atoms with Gasteiger partial charge in [-0.3, -0.25) is 19.9 Å². The Hall–Kier alpha value is -3.07. The predicted octanol–water partition coefficient (Wildman–Crippen LogP) is 3.38. The number of carbonyl (C=O) groups is 2. The van der Waals surface area contributed by atoms with Gasteiger partial charge in [0.25, 0.3) is 11.8 Å². The summed E-state index contributed by atoms with van der Waals surface area (Å²) in [6, 6.07) is 12.7. The molecule has 0 saturated carbocycles. The van der Waals surface area contributed by atoms with Crippen LogP contribution in [-0.4, -0.2) is 62.8 Å². The molecule has 1 N–H and O–H groups in total. The summed E-state index contributed by atoms with van der Waals surface area (Å²) in [5, 5.41) is 1.26. The van der Waals surface area contributed by atoms with Gasteiger partial charge in [-0.1, -0.05) is 25.1 Å². The van der Waals surface area contributed by atoms with E-state index < -0.39 is 11.8 Å². The van der Waals surface area contributed by atoms with Gasteiger partial charge in [-0.05, 0) is 43.7 Å². The molecule has 188 valence electrons. The lowest BCUT2D eigenvalue weighted by Crippen LogP contribution is -2.38. The molecule has 0 aliphatic carbocycles. The van der Waals surface area contributed by atoms with Crippen molar-refractivity contribution in [3.8, 4) is 11.5 Å². The normalized spacial score (nSPS) is 17.3. The van der Waals surface area contributed by atoms with Crippen LogP contribution in [0.5, 0.6) is 11.5 Å². The largest absolute Gasteiger partial charge is 0.493 e. The van der Waals surface area contributed by atoms with E-state index in [1.54, 1.807) is 18.2 Å². The van der Waals surface area contributed by atoms with Crippen LogP contribution in [0.15, 0.2) is 48.0 Å². The maximum atomic E-state index is 13.0. The molecule has 0 bridgehead atoms. The molecule has 9 heteroatoms. The van der Waals surface area contributed by atoms with Crippen molar-refractivity contribution in [3.05, 3.63) is 59.2 Å². The summed E-state index contributed by atoms with van der Waals surface area (Å²) in [6.07, 6.45) is 2.49. The van der Waals surface area contributed by atoms with Crippen molar-refractivity contribution >= 4 is 36.0 Å². The molecule has 35 heavy (non-hydrogen) atoms. The Bertz CT molecular complexity index is 1050. The Kier molecular flexibility index (Phi) is 9.54. The van der Waals surface area contributed by atoms with Crippen molar-refractivity contribution in [2.45, 2.75) is 20.3 Å². The first-order valence-corrected chi connectivity index (χ1v) is 11.7. The van der Waals surface area contributed by atoms with Crippen molar-refractivity contribution in [2.75, 3.05) is 51.1 Å². The van der Waals surface area contributed by atoms with Crippen molar-refractivity contribution in [2.24, 2.45) is 0 Å². The van der Waals surface area contributed by atoms with Crippen LogP contribution in [-0.2, 0) is 14.3 Å². The van der Waals surface area contributed by atoms with Gasteiger partial charge >= 0.3 is 0 Å². The Labute approximate surface area is 212 Å². The van der Waals surface area contributed by atoms with Crippen molar-refractivity contribution < 1.29 is 23.8 Å². The monoisotopic (exact) mass is 501 g/mol. The average molecular weight is 502 g/mol. The van der Waals surface area contributed by atoms with Gasteiger partial charge in [-0.25, -0.2) is 5.01 Å². The van der Waals surface area contributed by atoms with E-state index in [9.17, 15) is 9.59 Å². The Balaban J connectivity index is 0.00000342. The Morgan fingerprint density at radius 1 is 1.03 bits per heavy atom. The first-order valence-electron chi connectivity index (χ1n) is 11.7. The molecule has 0 aromatic heterocycles. The standard InChI is InChI=1S/C26H31N3O5.ClH/c1-3-14-33-23-10-9-20(24(19(23)2)34-17-13-28-11-15-32-16-12-28)18-22-25(30)27-29(26(22)31)21-7-5-4-6-8-21;/h4-10,18H,3,11-17H2,1-2H3,(H,27,30);1H/b22-18-;. The lowest BCUT2D eigenvalue weighted by atomic mass is 10.0. The second-order valence-corrected chi connectivity index (χ2v) is 8.23. The zero-order valence-corrected chi connectivity index (χ0v) is 20.9. The molecule has 2 aliphatic rings. The van der Waals surface area contributed by atoms with Crippen molar-refractivity contribution in [1.82, 2.24) is 10.3 Å². The number of benzene rings is 2. The summed E-state index contributed by atoms with van der Waals surface area (Å²) in [6.45, 7) is 9.04. The van der Waals surface area contributed by atoms with Crippen molar-refractivity contribution in [1.29, 1.82) is 0 Å². The number of amides is 2. The topological polar surface area (TPSA) is 80.3 Å². The minimum Gasteiger partial charge on any atom is -0.493 e. The summed E-state index contributed by atoms with van der Waals surface area (Å²) in [5.41, 5.74) is 4.81. The Morgan fingerprint density at radius 2 is 1.77 bits per heavy atom. The molecule has 2 aliphatic heterocycles. The quantitative estimate of drug-likeness (QED) is 0.419. The highest BCUT2D eigenvalue weighted by Crippen LogP contribution is 2.34. The van der Waals surface area contributed by atoms with E-state index in [-0.39, 0.29) is 18.0 Å². The van der Waals surface area contributed by atoms with Crippen LogP contribution in [0.4, 0.5) is 5.69 Å². The van der Waals surface area contributed by atoms with Gasteiger partial charge in [0, 0.05) is 30.8 Å². The minimum absolute atomic E-state index is 0. The molecular formula is C26H32ClN3O5. The first-order chi connectivity index (χ1) is 16.6. The highest BCUT2D eigenvalue weighted by Gasteiger charge is 2.34. The number of hydrazine groups is 1. The SMILES string of the molecule is CCCOc1ccc(/C=C2/C(=O)NN(c3ccccc3)C2=O)c(OCCN2CCOCC2)c1C.Cl. The van der Waals surface area contributed by atoms with E-state index in [0.717, 1.165) is 50.6 Å². The molecule has 8 nitrogen and oxygen atoms in total. The smallest absolute Gasteiger partial charge is 0.282 e. The van der Waals surface area contributed by atoms with Crippen LogP contribution in [0.3, 0.4) is 0 Å². The van der Waals surface area contributed by atoms with Gasteiger partial charge in [0.1, 0.15) is 23.7 Å². The zero-order chi connectivity index (χ0) is 23.9. The maximum absolute atomic E-state index is 13.0. The van der Waals surface area contributed by atoms with E-state index in [4.69, 9.17) is 14.2 Å². The summed E-state index contributed by atoms with van der Waals surface area (Å²) in [4.78, 5) is 28.0. The van der Waals surface area contributed by atoms with Crippen LogP contribution in [0.1, 0.15) is 24.5 Å². The Morgan fingerprint density at radius 3 is 2.49 bits per heavy atom. The molecule has 0 unspecified atom stereocenters. The van der Waals surface area contributed by atoms with Crippen LogP contribution in [0, 0.1) is 6.92 Å². The molecule has 2 aromatic carbocycles. The number of hydrogen-bond acceptors (Lipinski definition) is 6. The van der Waals surface area contributed by atoms with Crippen LogP contribution < -0.4 is 19.9 Å². The van der Waals surface area contributed by atoms with Crippen molar-refractivity contribution in [3.63, 3.8) is 0 Å². The summed E-state index contributed by atoms with van der Waals surface area (Å²) < 4.78 is 17.5. The molecular weight excluding hydrogens is 470 g/mol. The van der Waals surface area contributed by atoms with E-state index in [2.05, 4.69) is 17.2 Å². The molecule has 0 spiro atoms. The molecule has 0 radical (unpaired) electrons. The van der Waals surface area contributed by atoms with Gasteiger partial charge in [0.2, 0.25) is 0 Å². The highest BCUT2D eigenvalue weighted by atomic mass is 35.5. The number of hydrogen-bond donors (Lipinski definition) is 1. The van der Waals surface area contributed by atoms with Gasteiger partial charge in [-0.2, -0.15) is 0 Å². The van der Waals surface area contributed by atoms with E-state index >= 15 is 0 Å². The molecule has 2 heterocycles. The van der Waals surface area contributed by atoms with Gasteiger partial charge in [0.15, 0.2) is 0 Å². The number of morpholine rings is 1. The number of nitrogens with one attached hydrogen (secondary N) is 1. The first kappa shape index (κ1) is 26.5. The number of rotatable bonds is 9. The fraction of sp³-hybridized carbons (Fsp3) is 0.385. The summed E-state index contributed by atoms with van der Waals surface area (Å²) in [7, 11) is 0. The minimum atomic E-state index is -0.447. The number of para-hydroxylation sites is 1.